The van der Waals surface area contributed by atoms with Crippen LogP contribution in [0.2, 0.25) is 0 Å². The summed E-state index contributed by atoms with van der Waals surface area (Å²) in [5, 5.41) is 3.44. The zero-order valence-electron chi connectivity index (χ0n) is 13.0. The van der Waals surface area contributed by atoms with Crippen LogP contribution in [0.25, 0.3) is 0 Å². The summed E-state index contributed by atoms with van der Waals surface area (Å²) in [5.74, 6) is 0.598. The van der Waals surface area contributed by atoms with Crippen molar-refractivity contribution in [3.05, 3.63) is 64.5 Å². The van der Waals surface area contributed by atoms with Gasteiger partial charge in [-0.1, -0.05) is 30.7 Å². The normalized spacial score (nSPS) is 12.2. The lowest BCUT2D eigenvalue weighted by Crippen LogP contribution is -2.23. The Bertz CT molecular complexity index is 625. The Morgan fingerprint density at radius 2 is 1.86 bits per heavy atom. The van der Waals surface area contributed by atoms with E-state index in [0.717, 1.165) is 34.5 Å². The largest absolute Gasteiger partial charge is 0.496 e. The number of halogens is 1. The first kappa shape index (κ1) is 15.5. The Labute approximate surface area is 126 Å². The third kappa shape index (κ3) is 3.42. The van der Waals surface area contributed by atoms with Crippen molar-refractivity contribution in [2.24, 2.45) is 0 Å². The first-order chi connectivity index (χ1) is 10.1. The van der Waals surface area contributed by atoms with Crippen LogP contribution in [-0.2, 0) is 0 Å². The predicted octanol–water partition coefficient (Wildman–Crippen LogP) is 4.15. The second-order valence-corrected chi connectivity index (χ2v) is 5.24. The van der Waals surface area contributed by atoms with Gasteiger partial charge >= 0.3 is 0 Å². The fraction of sp³-hybridized carbons (Fsp3) is 0.333. The minimum Gasteiger partial charge on any atom is -0.496 e. The summed E-state index contributed by atoms with van der Waals surface area (Å²) in [5.41, 5.74) is 4.20. The van der Waals surface area contributed by atoms with Gasteiger partial charge < -0.3 is 10.1 Å². The summed E-state index contributed by atoms with van der Waals surface area (Å²) < 4.78 is 19.2. The Balaban J connectivity index is 2.58. The average Bonchev–Trinajstić information content (AvgIpc) is 2.47. The molecule has 2 aromatic rings. The van der Waals surface area contributed by atoms with Crippen LogP contribution in [0.3, 0.4) is 0 Å². The summed E-state index contributed by atoms with van der Waals surface area (Å²) in [4.78, 5) is 0. The van der Waals surface area contributed by atoms with Gasteiger partial charge in [0.2, 0.25) is 0 Å². The van der Waals surface area contributed by atoms with Crippen LogP contribution in [0.1, 0.15) is 35.2 Å². The monoisotopic (exact) mass is 287 g/mol. The lowest BCUT2D eigenvalue weighted by molar-refractivity contribution is 0.404. The highest BCUT2D eigenvalue weighted by molar-refractivity contribution is 5.45. The van der Waals surface area contributed by atoms with Crippen LogP contribution in [0.4, 0.5) is 4.39 Å². The molecule has 0 heterocycles. The van der Waals surface area contributed by atoms with E-state index in [4.69, 9.17) is 4.74 Å². The first-order valence-electron chi connectivity index (χ1n) is 7.20. The van der Waals surface area contributed by atoms with Gasteiger partial charge in [0.25, 0.3) is 0 Å². The van der Waals surface area contributed by atoms with Crippen LogP contribution >= 0.6 is 0 Å². The molecule has 0 aliphatic rings. The van der Waals surface area contributed by atoms with Crippen molar-refractivity contribution < 1.29 is 9.13 Å². The van der Waals surface area contributed by atoms with Gasteiger partial charge in [0, 0.05) is 5.56 Å². The summed E-state index contributed by atoms with van der Waals surface area (Å²) in [6.07, 6.45) is 0. The number of hydrogen-bond acceptors (Lipinski definition) is 2. The molecule has 112 valence electrons. The first-order valence-corrected chi connectivity index (χ1v) is 7.20. The van der Waals surface area contributed by atoms with Crippen molar-refractivity contribution in [1.29, 1.82) is 0 Å². The van der Waals surface area contributed by atoms with Crippen LogP contribution < -0.4 is 10.1 Å². The zero-order valence-corrected chi connectivity index (χ0v) is 13.0. The van der Waals surface area contributed by atoms with E-state index in [0.29, 0.717) is 0 Å². The molecule has 2 rings (SSSR count). The average molecular weight is 287 g/mol. The van der Waals surface area contributed by atoms with E-state index in [1.165, 1.54) is 6.07 Å². The minimum atomic E-state index is -0.217. The number of hydrogen-bond donors (Lipinski definition) is 1. The number of benzene rings is 2. The molecule has 0 amide bonds. The fourth-order valence-corrected chi connectivity index (χ4v) is 2.59. The van der Waals surface area contributed by atoms with Gasteiger partial charge in [-0.15, -0.1) is 0 Å². The molecular formula is C18H22FNO. The Kier molecular flexibility index (Phi) is 4.97. The highest BCUT2D eigenvalue weighted by Gasteiger charge is 2.19. The highest BCUT2D eigenvalue weighted by Crippen LogP contribution is 2.32. The molecule has 1 unspecified atom stereocenters. The van der Waals surface area contributed by atoms with Crippen molar-refractivity contribution in [2.45, 2.75) is 26.8 Å². The lowest BCUT2D eigenvalue weighted by atomic mass is 9.93. The molecule has 1 N–H and O–H groups in total. The smallest absolute Gasteiger partial charge is 0.123 e. The summed E-state index contributed by atoms with van der Waals surface area (Å²) in [6, 6.07) is 10.9. The Hall–Kier alpha value is -1.87. The van der Waals surface area contributed by atoms with Gasteiger partial charge in [-0.05, 0) is 49.7 Å². The Morgan fingerprint density at radius 3 is 2.52 bits per heavy atom. The zero-order chi connectivity index (χ0) is 15.4. The van der Waals surface area contributed by atoms with Gasteiger partial charge in [-0.25, -0.2) is 4.39 Å². The molecule has 0 saturated heterocycles. The SMILES string of the molecule is CCNC(c1cc(F)ccc1C)c1cc(C)ccc1OC. The molecular weight excluding hydrogens is 265 g/mol. The van der Waals surface area contributed by atoms with Crippen LogP contribution in [0.5, 0.6) is 5.75 Å². The molecule has 2 aromatic carbocycles. The molecule has 2 nitrogen and oxygen atoms in total. The van der Waals surface area contributed by atoms with Crippen molar-refractivity contribution in [3.8, 4) is 5.75 Å². The third-order valence-corrected chi connectivity index (χ3v) is 3.66. The predicted molar refractivity (Wildman–Crippen MR) is 84.4 cm³/mol. The third-order valence-electron chi connectivity index (χ3n) is 3.66. The van der Waals surface area contributed by atoms with E-state index in [2.05, 4.69) is 11.4 Å². The molecule has 0 saturated carbocycles. The second-order valence-electron chi connectivity index (χ2n) is 5.24. The summed E-state index contributed by atoms with van der Waals surface area (Å²) in [7, 11) is 1.66. The van der Waals surface area contributed by atoms with Gasteiger partial charge in [0.05, 0.1) is 13.2 Å². The van der Waals surface area contributed by atoms with Crippen molar-refractivity contribution >= 4 is 0 Å². The standard InChI is InChI=1S/C18H22FNO/c1-5-20-18(15-11-14(19)8-7-13(15)3)16-10-12(2)6-9-17(16)21-4/h6-11,18,20H,5H2,1-4H3. The molecule has 3 heteroatoms. The Morgan fingerprint density at radius 1 is 1.10 bits per heavy atom. The highest BCUT2D eigenvalue weighted by atomic mass is 19.1. The quantitative estimate of drug-likeness (QED) is 0.892. The molecule has 0 aliphatic carbocycles. The topological polar surface area (TPSA) is 21.3 Å². The van der Waals surface area contributed by atoms with Gasteiger partial charge in [-0.3, -0.25) is 0 Å². The fourth-order valence-electron chi connectivity index (χ4n) is 2.59. The van der Waals surface area contributed by atoms with Crippen molar-refractivity contribution in [1.82, 2.24) is 5.32 Å². The number of nitrogens with one attached hydrogen (secondary N) is 1. The number of methoxy groups -OCH3 is 1. The van der Waals surface area contributed by atoms with E-state index in [1.54, 1.807) is 13.2 Å². The van der Waals surface area contributed by atoms with Gasteiger partial charge in [0.15, 0.2) is 0 Å². The van der Waals surface area contributed by atoms with Crippen molar-refractivity contribution in [2.75, 3.05) is 13.7 Å². The van der Waals surface area contributed by atoms with Crippen LogP contribution in [-0.4, -0.2) is 13.7 Å². The number of rotatable bonds is 5. The molecule has 0 spiro atoms. The van der Waals surface area contributed by atoms with Crippen LogP contribution in [0, 0.1) is 19.7 Å². The molecule has 0 aliphatic heterocycles. The van der Waals surface area contributed by atoms with E-state index < -0.39 is 0 Å². The molecule has 0 fully saturated rings. The van der Waals surface area contributed by atoms with Gasteiger partial charge in [-0.2, -0.15) is 0 Å². The molecule has 0 bridgehead atoms. The lowest BCUT2D eigenvalue weighted by Gasteiger charge is -2.23. The van der Waals surface area contributed by atoms with E-state index >= 15 is 0 Å². The number of ether oxygens (including phenoxy) is 1. The second kappa shape index (κ2) is 6.72. The van der Waals surface area contributed by atoms with Crippen molar-refractivity contribution in [3.63, 3.8) is 0 Å². The number of aryl methyl sites for hydroxylation is 2. The summed E-state index contributed by atoms with van der Waals surface area (Å²) in [6.45, 7) is 6.88. The minimum absolute atomic E-state index is 0.0828. The maximum atomic E-state index is 13.7. The van der Waals surface area contributed by atoms with E-state index in [-0.39, 0.29) is 11.9 Å². The maximum Gasteiger partial charge on any atom is 0.123 e. The van der Waals surface area contributed by atoms with Crippen LogP contribution in [0.15, 0.2) is 36.4 Å². The molecule has 0 aromatic heterocycles. The molecule has 21 heavy (non-hydrogen) atoms. The van der Waals surface area contributed by atoms with E-state index in [1.807, 2.05) is 39.0 Å². The molecule has 0 radical (unpaired) electrons. The molecule has 1 atom stereocenters. The summed E-state index contributed by atoms with van der Waals surface area (Å²) >= 11 is 0. The van der Waals surface area contributed by atoms with E-state index in [9.17, 15) is 4.39 Å². The maximum absolute atomic E-state index is 13.7. The van der Waals surface area contributed by atoms with Gasteiger partial charge in [0.1, 0.15) is 11.6 Å².